The van der Waals surface area contributed by atoms with Gasteiger partial charge in [-0.1, -0.05) is 34.1 Å². The molecule has 6 nitrogen and oxygen atoms in total. The van der Waals surface area contributed by atoms with Crippen molar-refractivity contribution in [1.29, 1.82) is 0 Å². The maximum atomic E-state index is 12.8. The van der Waals surface area contributed by atoms with E-state index in [0.717, 1.165) is 30.6 Å². The number of fused-ring (bicyclic) bond motifs is 5. The highest BCUT2D eigenvalue weighted by Crippen LogP contribution is 2.69. The molecule has 37 heavy (non-hydrogen) atoms. The van der Waals surface area contributed by atoms with E-state index in [9.17, 15) is 18.3 Å². The van der Waals surface area contributed by atoms with Gasteiger partial charge in [-0.2, -0.15) is 21.0 Å². The minimum absolute atomic E-state index is 0.107. The summed E-state index contributed by atoms with van der Waals surface area (Å²) in [4.78, 5) is 12.8. The van der Waals surface area contributed by atoms with Crippen LogP contribution in [0.15, 0.2) is 0 Å². The van der Waals surface area contributed by atoms with Crippen LogP contribution in [0.3, 0.4) is 0 Å². The lowest BCUT2D eigenvalue weighted by Gasteiger charge is -2.63. The molecule has 4 fully saturated rings. The molecule has 11 unspecified atom stereocenters. The van der Waals surface area contributed by atoms with Crippen molar-refractivity contribution < 1.29 is 22.9 Å². The topological polar surface area (TPSA) is 104 Å². The molecule has 0 spiro atoms. The summed E-state index contributed by atoms with van der Waals surface area (Å²) in [7, 11) is -4.11. The highest BCUT2D eigenvalue weighted by Gasteiger charge is 2.62. The molecule has 4 aliphatic rings. The summed E-state index contributed by atoms with van der Waals surface area (Å²) < 4.78 is 30.1. The Morgan fingerprint density at radius 1 is 1.08 bits per heavy atom. The van der Waals surface area contributed by atoms with Crippen LogP contribution in [0.25, 0.3) is 0 Å². The Morgan fingerprint density at radius 3 is 2.38 bits per heavy atom. The van der Waals surface area contributed by atoms with Crippen molar-refractivity contribution in [3.63, 3.8) is 0 Å². The van der Waals surface area contributed by atoms with Gasteiger partial charge in [0.2, 0.25) is 5.91 Å². The van der Waals surface area contributed by atoms with E-state index >= 15 is 0 Å². The zero-order valence-electron chi connectivity index (χ0n) is 23.6. The van der Waals surface area contributed by atoms with Crippen LogP contribution in [0.4, 0.5) is 0 Å². The lowest BCUT2D eigenvalue weighted by atomic mass is 9.42. The van der Waals surface area contributed by atoms with Crippen molar-refractivity contribution in [3.05, 3.63) is 0 Å². The van der Waals surface area contributed by atoms with E-state index < -0.39 is 20.6 Å². The summed E-state index contributed by atoms with van der Waals surface area (Å²) in [6.07, 6.45) is 11.2. The van der Waals surface area contributed by atoms with Crippen molar-refractivity contribution in [1.82, 2.24) is 5.32 Å². The first-order valence-electron chi connectivity index (χ1n) is 14.8. The quantitative estimate of drug-likeness (QED) is 0.238. The van der Waals surface area contributed by atoms with Gasteiger partial charge in [-0.15, -0.1) is 0 Å². The zero-order valence-corrected chi connectivity index (χ0v) is 25.3. The van der Waals surface area contributed by atoms with Crippen LogP contribution in [0.2, 0.25) is 0 Å². The Bertz CT molecular complexity index is 954. The van der Waals surface area contributed by atoms with Gasteiger partial charge in [0, 0.05) is 6.54 Å². The van der Waals surface area contributed by atoms with E-state index in [-0.39, 0.29) is 24.0 Å². The average Bonchev–Trinajstić information content (AvgIpc) is 3.15. The van der Waals surface area contributed by atoms with Crippen LogP contribution in [0.5, 0.6) is 0 Å². The molecule has 4 aliphatic carbocycles. The van der Waals surface area contributed by atoms with Crippen molar-refractivity contribution in [3.8, 4) is 0 Å². The van der Waals surface area contributed by atoms with Gasteiger partial charge in [0.15, 0.2) is 0 Å². The molecular formula is C29H51NO5S2. The van der Waals surface area contributed by atoms with Crippen LogP contribution in [0.1, 0.15) is 98.8 Å². The van der Waals surface area contributed by atoms with Gasteiger partial charge < -0.3 is 10.4 Å². The highest BCUT2D eigenvalue weighted by molar-refractivity contribution is 7.85. The van der Waals surface area contributed by atoms with E-state index in [0.29, 0.717) is 35.5 Å². The summed E-state index contributed by atoms with van der Waals surface area (Å²) >= 11 is 4.73. The van der Waals surface area contributed by atoms with Gasteiger partial charge >= 0.3 is 0 Å². The molecule has 4 saturated carbocycles. The number of carbonyl (C=O) groups is 1. The third-order valence-corrected chi connectivity index (χ3v) is 13.1. The Morgan fingerprint density at radius 2 is 1.73 bits per heavy atom. The Balaban J connectivity index is 1.46. The lowest BCUT2D eigenvalue weighted by molar-refractivity contribution is -0.152. The molecule has 0 aromatic rings. The molecule has 4 rings (SSSR count). The second-order valence-electron chi connectivity index (χ2n) is 14.0. The first-order valence-corrected chi connectivity index (χ1v) is 16.8. The van der Waals surface area contributed by atoms with Crippen LogP contribution in [-0.4, -0.2) is 47.1 Å². The smallest absolute Gasteiger partial charge is 0.266 e. The average molecular weight is 558 g/mol. The van der Waals surface area contributed by atoms with Gasteiger partial charge in [0.05, 0.1) is 16.6 Å². The number of nitrogens with one attached hydrogen (secondary N) is 1. The molecule has 1 amide bonds. The lowest BCUT2D eigenvalue weighted by Crippen LogP contribution is -2.56. The maximum absolute atomic E-state index is 12.8. The molecule has 0 aromatic carbocycles. The van der Waals surface area contributed by atoms with E-state index in [1.807, 2.05) is 6.92 Å². The standard InChI is InChI=1S/C29H51NO5S2/c1-6-19-15-21-23-8-7-22(18(2)17-29(5,36)26(32)30-13-14-37(33,34)35)27(23,3)12-10-24(21)28(4)11-9-20(31)16-25(19)28/h18-25,31,36H,6-17H2,1-5H3,(H,30,32)(H,33,34,35). The summed E-state index contributed by atoms with van der Waals surface area (Å²) in [5, 5.41) is 13.2. The fourth-order valence-electron chi connectivity index (χ4n) is 10.3. The number of amides is 1. The minimum Gasteiger partial charge on any atom is -0.393 e. The molecule has 0 heterocycles. The van der Waals surface area contributed by atoms with Gasteiger partial charge in [-0.05, 0) is 117 Å². The Hall–Kier alpha value is -0.310. The molecule has 8 heteroatoms. The second kappa shape index (κ2) is 10.6. The van der Waals surface area contributed by atoms with Crippen LogP contribution in [0, 0.1) is 52.3 Å². The Kier molecular flexibility index (Phi) is 8.49. The number of rotatable bonds is 8. The van der Waals surface area contributed by atoms with Gasteiger partial charge in [0.25, 0.3) is 10.1 Å². The minimum atomic E-state index is -4.11. The molecular weight excluding hydrogens is 506 g/mol. The normalized spacial score (nSPS) is 44.2. The predicted molar refractivity (Wildman–Crippen MR) is 151 cm³/mol. The maximum Gasteiger partial charge on any atom is 0.266 e. The van der Waals surface area contributed by atoms with Gasteiger partial charge in [-0.25, -0.2) is 0 Å². The van der Waals surface area contributed by atoms with E-state index in [2.05, 4.69) is 33.0 Å². The van der Waals surface area contributed by atoms with Crippen molar-refractivity contribution in [2.45, 2.75) is 110 Å². The SMILES string of the molecule is CCC1CC2C3CCC(C(C)CC(C)(S)C(=O)NCCS(=O)(=O)O)C3(C)CCC2C2(C)CCC(O)CC12. The third-order valence-electron chi connectivity index (χ3n) is 12.0. The van der Waals surface area contributed by atoms with Crippen LogP contribution in [-0.2, 0) is 14.9 Å². The van der Waals surface area contributed by atoms with Crippen LogP contribution >= 0.6 is 12.6 Å². The predicted octanol–water partition coefficient (Wildman–Crippen LogP) is 5.36. The molecule has 0 aromatic heterocycles. The van der Waals surface area contributed by atoms with E-state index in [4.69, 9.17) is 17.2 Å². The second-order valence-corrected chi connectivity index (χ2v) is 16.6. The number of hydrogen-bond donors (Lipinski definition) is 4. The van der Waals surface area contributed by atoms with Crippen molar-refractivity contribution in [2.24, 2.45) is 52.3 Å². The number of thiol groups is 1. The molecule has 3 N–H and O–H groups in total. The number of hydrogen-bond acceptors (Lipinski definition) is 5. The summed E-state index contributed by atoms with van der Waals surface area (Å²) in [6, 6.07) is 0. The van der Waals surface area contributed by atoms with Crippen molar-refractivity contribution >= 4 is 28.7 Å². The molecule has 11 atom stereocenters. The molecule has 0 aliphatic heterocycles. The summed E-state index contributed by atoms with van der Waals surface area (Å²) in [5.74, 6) is 3.76. The third kappa shape index (κ3) is 5.65. The largest absolute Gasteiger partial charge is 0.393 e. The summed E-state index contributed by atoms with van der Waals surface area (Å²) in [5.41, 5.74) is 0.638. The van der Waals surface area contributed by atoms with Gasteiger partial charge in [0.1, 0.15) is 0 Å². The number of aliphatic hydroxyl groups is 1. The van der Waals surface area contributed by atoms with Crippen LogP contribution < -0.4 is 5.32 Å². The molecule has 214 valence electrons. The first kappa shape index (κ1) is 29.7. The van der Waals surface area contributed by atoms with Gasteiger partial charge in [-0.3, -0.25) is 9.35 Å². The Labute approximate surface area is 230 Å². The zero-order chi connectivity index (χ0) is 27.4. The highest BCUT2D eigenvalue weighted by atomic mass is 32.2. The fraction of sp³-hybridized carbons (Fsp3) is 0.966. The number of aliphatic hydroxyl groups excluding tert-OH is 1. The van der Waals surface area contributed by atoms with E-state index in [1.165, 1.54) is 44.9 Å². The molecule has 0 saturated heterocycles. The number of carbonyl (C=O) groups excluding carboxylic acids is 1. The molecule has 0 bridgehead atoms. The van der Waals surface area contributed by atoms with E-state index in [1.54, 1.807) is 0 Å². The van der Waals surface area contributed by atoms with Crippen molar-refractivity contribution in [2.75, 3.05) is 12.3 Å². The first-order chi connectivity index (χ1) is 17.1. The summed E-state index contributed by atoms with van der Waals surface area (Å²) in [6.45, 7) is 11.4. The monoisotopic (exact) mass is 557 g/mol. The molecule has 0 radical (unpaired) electrons. The fourth-order valence-corrected chi connectivity index (χ4v) is 11.0.